The lowest BCUT2D eigenvalue weighted by molar-refractivity contribution is -0.130. The number of anilines is 1. The second kappa shape index (κ2) is 7.40. The van der Waals surface area contributed by atoms with E-state index in [1.54, 1.807) is 0 Å². The lowest BCUT2D eigenvalue weighted by atomic mass is 10.3. The molecule has 0 aliphatic heterocycles. The molecule has 0 atom stereocenters. The molecule has 0 saturated heterocycles. The Morgan fingerprint density at radius 2 is 2.25 bits per heavy atom. The van der Waals surface area contributed by atoms with Gasteiger partial charge in [0.2, 0.25) is 11.6 Å². The molecule has 0 bridgehead atoms. The summed E-state index contributed by atoms with van der Waals surface area (Å²) in [7, 11) is 0. The molecule has 0 aromatic carbocycles. The van der Waals surface area contributed by atoms with Gasteiger partial charge in [0.15, 0.2) is 11.7 Å². The molecule has 2 amide bonds. The van der Waals surface area contributed by atoms with E-state index >= 15 is 0 Å². The number of carbonyl (C=O) groups excluding carboxylic acids is 2. The minimum absolute atomic E-state index is 0.0307. The number of aliphatic carboxylic acids is 1. The van der Waals surface area contributed by atoms with Crippen LogP contribution < -0.4 is 11.1 Å². The Morgan fingerprint density at radius 1 is 1.55 bits per heavy atom. The van der Waals surface area contributed by atoms with Crippen LogP contribution in [-0.2, 0) is 19.2 Å². The maximum atomic E-state index is 11.0. The number of halogens is 1. The van der Waals surface area contributed by atoms with Crippen LogP contribution in [0.2, 0.25) is 0 Å². The first-order valence-corrected chi connectivity index (χ1v) is 6.38. The van der Waals surface area contributed by atoms with Crippen molar-refractivity contribution in [3.63, 3.8) is 0 Å². The molecule has 0 aliphatic carbocycles. The first-order valence-electron chi connectivity index (χ1n) is 4.97. The number of primary amides is 1. The van der Waals surface area contributed by atoms with E-state index in [9.17, 15) is 14.4 Å². The second-order valence-corrected chi connectivity index (χ2v) is 4.33. The summed E-state index contributed by atoms with van der Waals surface area (Å²) >= 11 is 6.29. The van der Waals surface area contributed by atoms with Gasteiger partial charge in [0.1, 0.15) is 11.6 Å². The molecule has 0 fully saturated rings. The molecule has 108 valence electrons. The van der Waals surface area contributed by atoms with Gasteiger partial charge < -0.3 is 21.0 Å². The van der Waals surface area contributed by atoms with Crippen LogP contribution in [0.1, 0.15) is 5.69 Å². The van der Waals surface area contributed by atoms with Gasteiger partial charge in [-0.25, -0.2) is 9.78 Å². The molecular weight excluding hydrogens is 312 g/mol. The van der Waals surface area contributed by atoms with E-state index in [0.29, 0.717) is 0 Å². The molecule has 0 spiro atoms. The van der Waals surface area contributed by atoms with Crippen LogP contribution in [0.3, 0.4) is 0 Å². The first kappa shape index (κ1) is 15.9. The Balaban J connectivity index is 2.85. The summed E-state index contributed by atoms with van der Waals surface area (Å²) in [5, 5.41) is 16.1. The summed E-state index contributed by atoms with van der Waals surface area (Å²) in [5.41, 5.74) is 4.26. The van der Waals surface area contributed by atoms with Gasteiger partial charge in [0.05, 0.1) is 0 Å². The van der Waals surface area contributed by atoms with Crippen molar-refractivity contribution in [2.75, 3.05) is 17.8 Å². The number of rotatable bonds is 7. The van der Waals surface area contributed by atoms with Gasteiger partial charge in [-0.15, -0.1) is 22.9 Å². The number of thiazole rings is 1. The van der Waals surface area contributed by atoms with Gasteiger partial charge in [-0.05, 0) is 0 Å². The number of hydrogen-bond acceptors (Lipinski definition) is 7. The largest absolute Gasteiger partial charge is 0.476 e. The quantitative estimate of drug-likeness (QED) is 0.354. The van der Waals surface area contributed by atoms with E-state index in [4.69, 9.17) is 22.4 Å². The zero-order valence-electron chi connectivity index (χ0n) is 9.83. The third-order valence-corrected chi connectivity index (χ3v) is 2.68. The van der Waals surface area contributed by atoms with Crippen molar-refractivity contribution in [1.29, 1.82) is 0 Å². The topological polar surface area (TPSA) is 144 Å². The monoisotopic (exact) mass is 320 g/mol. The number of nitrogens with two attached hydrogens (primary N) is 1. The molecule has 4 N–H and O–H groups in total. The van der Waals surface area contributed by atoms with Gasteiger partial charge in [0, 0.05) is 5.38 Å². The van der Waals surface area contributed by atoms with Crippen LogP contribution in [0.15, 0.2) is 10.5 Å². The maximum Gasteiger partial charge on any atom is 0.360 e. The number of carbonyl (C=O) groups is 3. The Labute approximate surface area is 121 Å². The highest BCUT2D eigenvalue weighted by Crippen LogP contribution is 2.16. The van der Waals surface area contributed by atoms with Crippen molar-refractivity contribution in [3.8, 4) is 0 Å². The van der Waals surface area contributed by atoms with Gasteiger partial charge in [0.25, 0.3) is 5.91 Å². The van der Waals surface area contributed by atoms with Crippen molar-refractivity contribution in [1.82, 2.24) is 4.98 Å². The standard InChI is InChI=1S/C9H9ClN4O5S/c10-1-6(16)13-9-12-4(3-20-9)7(8(17)18)14-19-2-5(11)15/h3H,1-2H2,(H2,11,15)(H,17,18)(H,12,13,16)/b14-7+. The third kappa shape index (κ3) is 4.82. The fourth-order valence-electron chi connectivity index (χ4n) is 0.948. The molecule has 1 rings (SSSR count). The zero-order chi connectivity index (χ0) is 15.1. The Morgan fingerprint density at radius 3 is 2.80 bits per heavy atom. The van der Waals surface area contributed by atoms with E-state index < -0.39 is 30.1 Å². The van der Waals surface area contributed by atoms with Crippen LogP contribution in [0.4, 0.5) is 5.13 Å². The highest BCUT2D eigenvalue weighted by Gasteiger charge is 2.18. The molecule has 1 aromatic rings. The molecule has 20 heavy (non-hydrogen) atoms. The highest BCUT2D eigenvalue weighted by molar-refractivity contribution is 7.14. The predicted octanol–water partition coefficient (Wildman–Crippen LogP) is -0.389. The van der Waals surface area contributed by atoms with Crippen LogP contribution >= 0.6 is 22.9 Å². The van der Waals surface area contributed by atoms with Crippen molar-refractivity contribution in [3.05, 3.63) is 11.1 Å². The van der Waals surface area contributed by atoms with Crippen molar-refractivity contribution < 1.29 is 24.3 Å². The average molecular weight is 321 g/mol. The van der Waals surface area contributed by atoms with Crippen molar-refractivity contribution in [2.45, 2.75) is 0 Å². The van der Waals surface area contributed by atoms with Crippen molar-refractivity contribution >= 4 is 51.6 Å². The number of carboxylic acid groups (broad SMARTS) is 1. The average Bonchev–Trinajstić information content (AvgIpc) is 2.81. The number of nitrogens with one attached hydrogen (secondary N) is 1. The molecule has 0 saturated carbocycles. The Bertz CT molecular complexity index is 558. The lowest BCUT2D eigenvalue weighted by Gasteiger charge is -1.98. The SMILES string of the molecule is NC(=O)CO/N=C(/C(=O)O)c1csc(NC(=O)CCl)n1. The smallest absolute Gasteiger partial charge is 0.360 e. The van der Waals surface area contributed by atoms with Gasteiger partial charge in [-0.2, -0.15) is 0 Å². The number of amides is 2. The third-order valence-electron chi connectivity index (χ3n) is 1.68. The molecule has 9 nitrogen and oxygen atoms in total. The van der Waals surface area contributed by atoms with Gasteiger partial charge in [-0.3, -0.25) is 9.59 Å². The highest BCUT2D eigenvalue weighted by atomic mass is 35.5. The summed E-state index contributed by atoms with van der Waals surface area (Å²) in [6, 6.07) is 0. The summed E-state index contributed by atoms with van der Waals surface area (Å²) in [4.78, 5) is 40.8. The number of aromatic nitrogens is 1. The van der Waals surface area contributed by atoms with Crippen LogP contribution in [0.25, 0.3) is 0 Å². The summed E-state index contributed by atoms with van der Waals surface area (Å²) in [6.45, 7) is -0.559. The van der Waals surface area contributed by atoms with Gasteiger partial charge in [-0.1, -0.05) is 5.16 Å². The fourth-order valence-corrected chi connectivity index (χ4v) is 1.73. The number of hydrogen-bond donors (Lipinski definition) is 3. The molecule has 1 heterocycles. The molecule has 11 heteroatoms. The van der Waals surface area contributed by atoms with E-state index in [1.165, 1.54) is 5.38 Å². The maximum absolute atomic E-state index is 11.0. The normalized spacial score (nSPS) is 10.9. The first-order chi connectivity index (χ1) is 9.43. The zero-order valence-corrected chi connectivity index (χ0v) is 11.4. The summed E-state index contributed by atoms with van der Waals surface area (Å²) in [6.07, 6.45) is 0. The molecule has 1 aromatic heterocycles. The van der Waals surface area contributed by atoms with Gasteiger partial charge >= 0.3 is 5.97 Å². The number of alkyl halides is 1. The van der Waals surface area contributed by atoms with E-state index in [1.807, 2.05) is 0 Å². The minimum atomic E-state index is -1.41. The van der Waals surface area contributed by atoms with E-state index in [2.05, 4.69) is 20.3 Å². The number of carboxylic acids is 1. The van der Waals surface area contributed by atoms with Crippen LogP contribution in [0.5, 0.6) is 0 Å². The Kier molecular flexibility index (Phi) is 5.87. The number of oxime groups is 1. The van der Waals surface area contributed by atoms with Crippen LogP contribution in [0, 0.1) is 0 Å². The molecular formula is C9H9ClN4O5S. The predicted molar refractivity (Wildman–Crippen MR) is 70.8 cm³/mol. The fraction of sp³-hybridized carbons (Fsp3) is 0.222. The molecule has 0 unspecified atom stereocenters. The Hall–Kier alpha value is -2.20. The molecule has 0 aliphatic rings. The minimum Gasteiger partial charge on any atom is -0.476 e. The van der Waals surface area contributed by atoms with E-state index in [-0.39, 0.29) is 16.7 Å². The lowest BCUT2D eigenvalue weighted by Crippen LogP contribution is -2.20. The summed E-state index contributed by atoms with van der Waals surface area (Å²) < 4.78 is 0. The van der Waals surface area contributed by atoms with Crippen molar-refractivity contribution in [2.24, 2.45) is 10.9 Å². The molecule has 0 radical (unpaired) electrons. The van der Waals surface area contributed by atoms with Crippen LogP contribution in [-0.4, -0.2) is 46.1 Å². The number of nitrogens with zero attached hydrogens (tertiary/aromatic N) is 2. The van der Waals surface area contributed by atoms with E-state index in [0.717, 1.165) is 11.3 Å². The summed E-state index contributed by atoms with van der Waals surface area (Å²) in [5.74, 6) is -2.94. The second-order valence-electron chi connectivity index (χ2n) is 3.20.